The molecule has 160 valence electrons. The number of rotatable bonds is 6. The van der Waals surface area contributed by atoms with Crippen LogP contribution in [0.1, 0.15) is 21.5 Å². The van der Waals surface area contributed by atoms with Crippen LogP contribution in [0.4, 0.5) is 10.1 Å². The van der Waals surface area contributed by atoms with E-state index in [1.807, 2.05) is 31.2 Å². The van der Waals surface area contributed by atoms with Crippen molar-refractivity contribution >= 4 is 11.6 Å². The first-order valence-electron chi connectivity index (χ1n) is 9.94. The van der Waals surface area contributed by atoms with Gasteiger partial charge in [0.05, 0.1) is 5.69 Å². The molecule has 32 heavy (non-hydrogen) atoms. The fraction of sp³-hybridized carbons (Fsp3) is 0.0800. The smallest absolute Gasteiger partial charge is 0.271 e. The van der Waals surface area contributed by atoms with E-state index in [4.69, 9.17) is 4.74 Å². The van der Waals surface area contributed by atoms with Crippen molar-refractivity contribution in [2.24, 2.45) is 0 Å². The van der Waals surface area contributed by atoms with Gasteiger partial charge in [-0.05, 0) is 61.0 Å². The molecule has 6 nitrogen and oxygen atoms in total. The molecular weight excluding hydrogens is 409 g/mol. The van der Waals surface area contributed by atoms with E-state index in [9.17, 15) is 14.0 Å². The lowest BCUT2D eigenvalue weighted by molar-refractivity contribution is 0.102. The zero-order valence-corrected chi connectivity index (χ0v) is 17.3. The molecule has 7 heteroatoms. The fourth-order valence-corrected chi connectivity index (χ4v) is 3.11. The number of carbonyl (C=O) groups is 1. The van der Waals surface area contributed by atoms with Gasteiger partial charge in [-0.25, -0.2) is 4.39 Å². The molecule has 4 rings (SSSR count). The average molecular weight is 429 g/mol. The number of ether oxygens (including phenoxy) is 1. The molecule has 0 atom stereocenters. The third-order valence-corrected chi connectivity index (χ3v) is 4.72. The maximum atomic E-state index is 13.0. The number of amides is 1. The van der Waals surface area contributed by atoms with Gasteiger partial charge in [0.1, 0.15) is 12.4 Å². The summed E-state index contributed by atoms with van der Waals surface area (Å²) in [4.78, 5) is 24.7. The highest BCUT2D eigenvalue weighted by Crippen LogP contribution is 2.14. The topological polar surface area (TPSA) is 73.2 Å². The summed E-state index contributed by atoms with van der Waals surface area (Å²) in [6.07, 6.45) is 0. The second-order valence-corrected chi connectivity index (χ2v) is 7.21. The Hall–Kier alpha value is -4.26. The van der Waals surface area contributed by atoms with E-state index in [2.05, 4.69) is 10.4 Å². The van der Waals surface area contributed by atoms with Crippen molar-refractivity contribution in [3.8, 4) is 11.6 Å². The molecule has 1 heterocycles. The van der Waals surface area contributed by atoms with Crippen LogP contribution in [-0.2, 0) is 6.61 Å². The molecule has 1 aromatic heterocycles. The second-order valence-electron chi connectivity index (χ2n) is 7.21. The molecule has 4 aromatic rings. The van der Waals surface area contributed by atoms with Gasteiger partial charge < -0.3 is 10.1 Å². The van der Waals surface area contributed by atoms with E-state index in [0.29, 0.717) is 29.4 Å². The van der Waals surface area contributed by atoms with Gasteiger partial charge >= 0.3 is 0 Å². The number of nitrogens with one attached hydrogen (secondary N) is 1. The van der Waals surface area contributed by atoms with E-state index in [0.717, 1.165) is 11.1 Å². The average Bonchev–Trinajstić information content (AvgIpc) is 2.80. The highest BCUT2D eigenvalue weighted by Gasteiger charge is 2.09. The van der Waals surface area contributed by atoms with E-state index in [1.165, 1.54) is 41.1 Å². The number of nitrogens with zero attached hydrogens (tertiary/aromatic N) is 2. The van der Waals surface area contributed by atoms with Crippen molar-refractivity contribution in [2.75, 3.05) is 5.32 Å². The van der Waals surface area contributed by atoms with Crippen LogP contribution in [0.25, 0.3) is 5.69 Å². The Balaban J connectivity index is 1.48. The number of aromatic nitrogens is 2. The van der Waals surface area contributed by atoms with Crippen molar-refractivity contribution in [1.29, 1.82) is 0 Å². The Labute approximate surface area is 183 Å². The summed E-state index contributed by atoms with van der Waals surface area (Å²) in [6.45, 7) is 2.33. The third kappa shape index (κ3) is 5.07. The first-order chi connectivity index (χ1) is 15.5. The Morgan fingerprint density at radius 2 is 1.75 bits per heavy atom. The minimum absolute atomic E-state index is 0.309. The normalized spacial score (nSPS) is 10.6. The third-order valence-electron chi connectivity index (χ3n) is 4.72. The molecule has 0 radical (unpaired) electrons. The van der Waals surface area contributed by atoms with Crippen LogP contribution in [0.2, 0.25) is 0 Å². The molecule has 1 N–H and O–H groups in total. The monoisotopic (exact) mass is 429 g/mol. The Bertz CT molecular complexity index is 1300. The molecular formula is C25H20FN3O3. The maximum absolute atomic E-state index is 13.0. The minimum Gasteiger partial charge on any atom is -0.472 e. The van der Waals surface area contributed by atoms with Gasteiger partial charge in [0.2, 0.25) is 5.88 Å². The molecule has 0 saturated carbocycles. The van der Waals surface area contributed by atoms with Gasteiger partial charge in [-0.2, -0.15) is 4.68 Å². The highest BCUT2D eigenvalue weighted by molar-refractivity contribution is 6.04. The summed E-state index contributed by atoms with van der Waals surface area (Å²) >= 11 is 0. The van der Waals surface area contributed by atoms with Crippen LogP contribution in [0, 0.1) is 12.7 Å². The van der Waals surface area contributed by atoms with E-state index in [1.54, 1.807) is 24.3 Å². The SMILES string of the molecule is Cc1cccc(COc2ccc(=O)n(-c3ccc(C(=O)Nc4ccc(F)cc4)cc3)n2)c1. The maximum Gasteiger partial charge on any atom is 0.271 e. The van der Waals surface area contributed by atoms with Gasteiger partial charge in [-0.15, -0.1) is 5.10 Å². The summed E-state index contributed by atoms with van der Waals surface area (Å²) in [6, 6.07) is 22.8. The molecule has 0 fully saturated rings. The summed E-state index contributed by atoms with van der Waals surface area (Å²) in [7, 11) is 0. The van der Waals surface area contributed by atoms with Crippen molar-refractivity contribution in [3.63, 3.8) is 0 Å². The molecule has 0 aliphatic rings. The lowest BCUT2D eigenvalue weighted by Crippen LogP contribution is -2.20. The molecule has 0 aliphatic heterocycles. The number of hydrogen-bond donors (Lipinski definition) is 1. The van der Waals surface area contributed by atoms with Gasteiger partial charge in [-0.1, -0.05) is 29.8 Å². The largest absolute Gasteiger partial charge is 0.472 e. The first-order valence-corrected chi connectivity index (χ1v) is 9.94. The molecule has 0 aliphatic carbocycles. The molecule has 3 aromatic carbocycles. The van der Waals surface area contributed by atoms with E-state index in [-0.39, 0.29) is 17.3 Å². The first kappa shape index (κ1) is 21.0. The Morgan fingerprint density at radius 1 is 1.00 bits per heavy atom. The lowest BCUT2D eigenvalue weighted by Gasteiger charge is -2.10. The van der Waals surface area contributed by atoms with Crippen LogP contribution in [0.5, 0.6) is 5.88 Å². The highest BCUT2D eigenvalue weighted by atomic mass is 19.1. The van der Waals surface area contributed by atoms with Crippen LogP contribution >= 0.6 is 0 Å². The summed E-state index contributed by atoms with van der Waals surface area (Å²) < 4.78 is 20.0. The lowest BCUT2D eigenvalue weighted by atomic mass is 10.1. The van der Waals surface area contributed by atoms with Crippen LogP contribution in [0.15, 0.2) is 89.7 Å². The predicted molar refractivity (Wildman–Crippen MR) is 120 cm³/mol. The molecule has 0 spiro atoms. The van der Waals surface area contributed by atoms with Gasteiger partial charge in [0.25, 0.3) is 11.5 Å². The standard InChI is InChI=1S/C25H20FN3O3/c1-17-3-2-4-18(15-17)16-32-23-13-14-24(30)29(28-23)22-11-5-19(6-12-22)25(31)27-21-9-7-20(26)8-10-21/h2-15H,16H2,1H3,(H,27,31). The van der Waals surface area contributed by atoms with Crippen molar-refractivity contribution in [1.82, 2.24) is 9.78 Å². The van der Waals surface area contributed by atoms with Crippen molar-refractivity contribution in [2.45, 2.75) is 13.5 Å². The quantitative estimate of drug-likeness (QED) is 0.489. The van der Waals surface area contributed by atoms with Crippen LogP contribution in [0.3, 0.4) is 0 Å². The van der Waals surface area contributed by atoms with Crippen LogP contribution in [-0.4, -0.2) is 15.7 Å². The van der Waals surface area contributed by atoms with Gasteiger partial charge in [0, 0.05) is 23.4 Å². The summed E-state index contributed by atoms with van der Waals surface area (Å²) in [5, 5.41) is 6.97. The number of benzene rings is 3. The number of hydrogen-bond acceptors (Lipinski definition) is 4. The summed E-state index contributed by atoms with van der Waals surface area (Å²) in [5.41, 5.74) is 3.18. The number of aryl methyl sites for hydroxylation is 1. The number of halogens is 1. The van der Waals surface area contributed by atoms with Crippen molar-refractivity contribution in [3.05, 3.63) is 118 Å². The second kappa shape index (κ2) is 9.26. The zero-order valence-electron chi connectivity index (χ0n) is 17.3. The van der Waals surface area contributed by atoms with E-state index < -0.39 is 0 Å². The molecule has 0 saturated heterocycles. The van der Waals surface area contributed by atoms with Crippen molar-refractivity contribution < 1.29 is 13.9 Å². The van der Waals surface area contributed by atoms with Gasteiger partial charge in [0.15, 0.2) is 0 Å². The number of carbonyl (C=O) groups excluding carboxylic acids is 1. The van der Waals surface area contributed by atoms with Gasteiger partial charge in [-0.3, -0.25) is 9.59 Å². The molecule has 0 unspecified atom stereocenters. The Kier molecular flexibility index (Phi) is 6.07. The summed E-state index contributed by atoms with van der Waals surface area (Å²) in [5.74, 6) is -0.418. The minimum atomic E-state index is -0.379. The molecule has 1 amide bonds. The van der Waals surface area contributed by atoms with Crippen LogP contribution < -0.4 is 15.6 Å². The zero-order chi connectivity index (χ0) is 22.5. The molecule has 0 bridgehead atoms. The predicted octanol–water partition coefficient (Wildman–Crippen LogP) is 4.51. The number of anilines is 1. The Morgan fingerprint density at radius 3 is 2.47 bits per heavy atom. The van der Waals surface area contributed by atoms with E-state index >= 15 is 0 Å². The fourth-order valence-electron chi connectivity index (χ4n) is 3.11.